The highest BCUT2D eigenvalue weighted by Crippen LogP contribution is 2.33. The molecule has 1 aliphatic rings. The lowest BCUT2D eigenvalue weighted by molar-refractivity contribution is -0.112. The first kappa shape index (κ1) is 17.4. The molecule has 134 valence electrons. The summed E-state index contributed by atoms with van der Waals surface area (Å²) < 4.78 is 13.9. The Morgan fingerprint density at radius 3 is 2.56 bits per heavy atom. The molecule has 5 heteroatoms. The van der Waals surface area contributed by atoms with Crippen LogP contribution in [0.5, 0.6) is 0 Å². The van der Waals surface area contributed by atoms with Crippen LogP contribution in [0.25, 0.3) is 0 Å². The van der Waals surface area contributed by atoms with Gasteiger partial charge in [0.2, 0.25) is 0 Å². The van der Waals surface area contributed by atoms with Gasteiger partial charge in [0.25, 0.3) is 5.91 Å². The van der Waals surface area contributed by atoms with Gasteiger partial charge in [-0.1, -0.05) is 54.1 Å². The van der Waals surface area contributed by atoms with Crippen molar-refractivity contribution in [3.8, 4) is 0 Å². The Morgan fingerprint density at radius 2 is 1.78 bits per heavy atom. The normalized spacial score (nSPS) is 14.7. The van der Waals surface area contributed by atoms with Crippen LogP contribution in [-0.4, -0.2) is 11.6 Å². The van der Waals surface area contributed by atoms with E-state index in [1.807, 2.05) is 42.5 Å². The van der Waals surface area contributed by atoms with E-state index in [1.165, 1.54) is 6.07 Å². The predicted octanol–water partition coefficient (Wildman–Crippen LogP) is 5.46. The lowest BCUT2D eigenvalue weighted by Gasteiger charge is -2.17. The first-order valence-electron chi connectivity index (χ1n) is 8.54. The molecule has 1 amide bonds. The van der Waals surface area contributed by atoms with Gasteiger partial charge in [-0.3, -0.25) is 4.79 Å². The third-order valence-electron chi connectivity index (χ3n) is 4.58. The van der Waals surface area contributed by atoms with Gasteiger partial charge in [-0.25, -0.2) is 9.38 Å². The van der Waals surface area contributed by atoms with Gasteiger partial charge in [-0.05, 0) is 42.3 Å². The summed E-state index contributed by atoms with van der Waals surface area (Å²) in [5.74, 6) is -0.569. The van der Waals surface area contributed by atoms with E-state index in [1.54, 1.807) is 30.0 Å². The van der Waals surface area contributed by atoms with Gasteiger partial charge in [-0.2, -0.15) is 0 Å². The Morgan fingerprint density at radius 1 is 1.04 bits per heavy atom. The van der Waals surface area contributed by atoms with Gasteiger partial charge in [-0.15, -0.1) is 0 Å². The van der Waals surface area contributed by atoms with E-state index in [2.05, 4.69) is 4.99 Å². The van der Waals surface area contributed by atoms with Gasteiger partial charge in [0, 0.05) is 10.6 Å². The average molecular weight is 379 g/mol. The van der Waals surface area contributed by atoms with Gasteiger partial charge in [0.05, 0.1) is 17.9 Å². The van der Waals surface area contributed by atoms with Crippen molar-refractivity contribution in [2.45, 2.75) is 13.5 Å². The van der Waals surface area contributed by atoms with Gasteiger partial charge in [0.1, 0.15) is 11.5 Å². The number of rotatable bonds is 3. The zero-order chi connectivity index (χ0) is 19.0. The molecule has 3 aromatic rings. The molecule has 1 heterocycles. The minimum absolute atomic E-state index is 0.225. The Hall–Kier alpha value is -2.98. The molecule has 3 aromatic carbocycles. The van der Waals surface area contributed by atoms with E-state index in [4.69, 9.17) is 11.6 Å². The van der Waals surface area contributed by atoms with Crippen LogP contribution in [0.1, 0.15) is 16.7 Å². The summed E-state index contributed by atoms with van der Waals surface area (Å²) >= 11 is 6.27. The van der Waals surface area contributed by atoms with Crippen LogP contribution in [0.3, 0.4) is 0 Å². The first-order chi connectivity index (χ1) is 13.0. The minimum Gasteiger partial charge on any atom is -0.302 e. The molecule has 0 aliphatic carbocycles. The number of carbonyl (C=O) groups is 1. The van der Waals surface area contributed by atoms with Crippen LogP contribution < -0.4 is 4.90 Å². The molecule has 0 aromatic heterocycles. The summed E-state index contributed by atoms with van der Waals surface area (Å²) in [6, 6.07) is 19.6. The maximum absolute atomic E-state index is 13.9. The molecule has 0 saturated carbocycles. The molecular weight excluding hydrogens is 363 g/mol. The first-order valence-corrected chi connectivity index (χ1v) is 8.92. The number of halogens is 2. The van der Waals surface area contributed by atoms with Crippen LogP contribution in [0.4, 0.5) is 15.8 Å². The average Bonchev–Trinajstić information content (AvgIpc) is 2.92. The Bertz CT molecular complexity index is 1080. The topological polar surface area (TPSA) is 32.7 Å². The fraction of sp³-hybridized carbons (Fsp3) is 0.0909. The van der Waals surface area contributed by atoms with E-state index in [0.717, 1.165) is 16.8 Å². The molecule has 1 aliphatic heterocycles. The molecular formula is C22H16ClFN2O. The van der Waals surface area contributed by atoms with Crippen molar-refractivity contribution in [3.63, 3.8) is 0 Å². The van der Waals surface area contributed by atoms with Crippen LogP contribution in [0, 0.1) is 12.7 Å². The van der Waals surface area contributed by atoms with Crippen LogP contribution in [0.15, 0.2) is 71.7 Å². The van der Waals surface area contributed by atoms with E-state index in [9.17, 15) is 9.18 Å². The second-order valence-electron chi connectivity index (χ2n) is 6.39. The number of carbonyl (C=O) groups excluding carboxylic acids is 1. The highest BCUT2D eigenvalue weighted by atomic mass is 35.5. The van der Waals surface area contributed by atoms with Crippen molar-refractivity contribution in [2.75, 3.05) is 4.90 Å². The molecule has 0 saturated heterocycles. The van der Waals surface area contributed by atoms with E-state index >= 15 is 0 Å². The lowest BCUT2D eigenvalue weighted by Crippen LogP contribution is -2.29. The lowest BCUT2D eigenvalue weighted by atomic mass is 10.1. The Balaban J connectivity index is 1.76. The number of nitrogens with zero attached hydrogens (tertiary/aromatic N) is 2. The van der Waals surface area contributed by atoms with Gasteiger partial charge in [0.15, 0.2) is 0 Å². The molecule has 0 spiro atoms. The summed E-state index contributed by atoms with van der Waals surface area (Å²) in [5, 5.41) is 0.605. The standard InChI is InChI=1S/C22H16ClFN2O/c1-14-10-11-16(12-19(14)24)25-21-17-7-3-5-9-20(17)26(22(21)27)13-15-6-2-4-8-18(15)23/h2-12H,13H2,1H3. The minimum atomic E-state index is -0.344. The molecule has 0 N–H and O–H groups in total. The highest BCUT2D eigenvalue weighted by Gasteiger charge is 2.34. The highest BCUT2D eigenvalue weighted by molar-refractivity contribution is 6.54. The summed E-state index contributed by atoms with van der Waals surface area (Å²) in [6.07, 6.45) is 0. The van der Waals surface area contributed by atoms with Crippen molar-refractivity contribution in [1.82, 2.24) is 0 Å². The summed E-state index contributed by atoms with van der Waals surface area (Å²) in [5.41, 5.74) is 3.61. The van der Waals surface area contributed by atoms with Crippen LogP contribution in [0.2, 0.25) is 5.02 Å². The van der Waals surface area contributed by atoms with Gasteiger partial charge >= 0.3 is 0 Å². The summed E-state index contributed by atoms with van der Waals surface area (Å²) in [7, 11) is 0. The smallest absolute Gasteiger partial charge is 0.277 e. The quantitative estimate of drug-likeness (QED) is 0.596. The van der Waals surface area contributed by atoms with Crippen molar-refractivity contribution in [3.05, 3.63) is 94.3 Å². The SMILES string of the molecule is Cc1ccc(N=C2C(=O)N(Cc3ccccc3Cl)c3ccccc32)cc1F. The number of hydrogen-bond acceptors (Lipinski definition) is 2. The number of benzene rings is 3. The number of hydrogen-bond donors (Lipinski definition) is 0. The second-order valence-corrected chi connectivity index (χ2v) is 6.80. The molecule has 0 radical (unpaired) electrons. The van der Waals surface area contributed by atoms with E-state index in [-0.39, 0.29) is 11.7 Å². The van der Waals surface area contributed by atoms with Crippen molar-refractivity contribution in [1.29, 1.82) is 0 Å². The molecule has 27 heavy (non-hydrogen) atoms. The van der Waals surface area contributed by atoms with E-state index in [0.29, 0.717) is 28.5 Å². The Labute approximate surface area is 161 Å². The van der Waals surface area contributed by atoms with Crippen LogP contribution >= 0.6 is 11.6 Å². The zero-order valence-electron chi connectivity index (χ0n) is 14.6. The monoisotopic (exact) mass is 378 g/mol. The van der Waals surface area contributed by atoms with Crippen molar-refractivity contribution in [2.24, 2.45) is 4.99 Å². The molecule has 0 atom stereocenters. The number of fused-ring (bicyclic) bond motifs is 1. The fourth-order valence-corrected chi connectivity index (χ4v) is 3.30. The molecule has 0 unspecified atom stereocenters. The molecule has 3 nitrogen and oxygen atoms in total. The number of amides is 1. The number of anilines is 1. The number of aryl methyl sites for hydroxylation is 1. The van der Waals surface area contributed by atoms with Crippen molar-refractivity contribution >= 4 is 34.6 Å². The van der Waals surface area contributed by atoms with Crippen molar-refractivity contribution < 1.29 is 9.18 Å². The maximum Gasteiger partial charge on any atom is 0.277 e. The van der Waals surface area contributed by atoms with Crippen LogP contribution in [-0.2, 0) is 11.3 Å². The number of aliphatic imine (C=N–C) groups is 1. The number of para-hydroxylation sites is 1. The zero-order valence-corrected chi connectivity index (χ0v) is 15.4. The third-order valence-corrected chi connectivity index (χ3v) is 4.95. The molecule has 4 rings (SSSR count). The Kier molecular flexibility index (Phi) is 4.50. The predicted molar refractivity (Wildman–Crippen MR) is 106 cm³/mol. The molecule has 0 fully saturated rings. The summed E-state index contributed by atoms with van der Waals surface area (Å²) in [6.45, 7) is 2.03. The fourth-order valence-electron chi connectivity index (χ4n) is 3.10. The third kappa shape index (κ3) is 3.24. The largest absolute Gasteiger partial charge is 0.302 e. The second kappa shape index (κ2) is 6.97. The van der Waals surface area contributed by atoms with E-state index < -0.39 is 0 Å². The maximum atomic E-state index is 13.9. The van der Waals surface area contributed by atoms with Gasteiger partial charge < -0.3 is 4.90 Å². The summed E-state index contributed by atoms with van der Waals surface area (Å²) in [4.78, 5) is 19.2. The molecule has 0 bridgehead atoms.